The van der Waals surface area contributed by atoms with E-state index >= 15 is 0 Å². The Kier molecular flexibility index (Phi) is 4.70. The van der Waals surface area contributed by atoms with Crippen molar-refractivity contribution >= 4 is 17.6 Å². The molecule has 0 aliphatic carbocycles. The number of carboxylic acids is 1. The average molecular weight is 279 g/mol. The number of anilines is 1. The lowest BCUT2D eigenvalue weighted by molar-refractivity contribution is -0.142. The molecule has 0 saturated carbocycles. The number of nitrogens with one attached hydrogen (secondary N) is 1. The molecule has 0 radical (unpaired) electrons. The zero-order chi connectivity index (χ0) is 15.5. The maximum absolute atomic E-state index is 11.6. The summed E-state index contributed by atoms with van der Waals surface area (Å²) in [6.07, 6.45) is 1.13. The van der Waals surface area contributed by atoms with E-state index < -0.39 is 17.4 Å². The SMILES string of the molecule is CCCC(C)(Nc1cc(C)nc(C)c1C(N)=O)C(=O)O. The van der Waals surface area contributed by atoms with Gasteiger partial charge in [0.25, 0.3) is 5.91 Å². The summed E-state index contributed by atoms with van der Waals surface area (Å²) >= 11 is 0. The Balaban J connectivity index is 3.32. The van der Waals surface area contributed by atoms with Crippen molar-refractivity contribution in [2.24, 2.45) is 5.73 Å². The minimum atomic E-state index is -1.15. The Labute approximate surface area is 118 Å². The van der Waals surface area contributed by atoms with E-state index in [1.165, 1.54) is 0 Å². The van der Waals surface area contributed by atoms with Gasteiger partial charge in [0.05, 0.1) is 16.9 Å². The number of carbonyl (C=O) groups excluding carboxylic acids is 1. The van der Waals surface area contributed by atoms with Crippen LogP contribution in [0.25, 0.3) is 0 Å². The highest BCUT2D eigenvalue weighted by molar-refractivity contribution is 6.00. The van der Waals surface area contributed by atoms with E-state index in [-0.39, 0.29) is 5.56 Å². The normalized spacial score (nSPS) is 13.6. The summed E-state index contributed by atoms with van der Waals surface area (Å²) in [5.74, 6) is -1.59. The van der Waals surface area contributed by atoms with Crippen molar-refractivity contribution in [2.75, 3.05) is 5.32 Å². The fourth-order valence-electron chi connectivity index (χ4n) is 2.26. The molecule has 6 nitrogen and oxygen atoms in total. The second-order valence-corrected chi connectivity index (χ2v) is 5.15. The second kappa shape index (κ2) is 5.90. The predicted molar refractivity (Wildman–Crippen MR) is 76.8 cm³/mol. The summed E-state index contributed by atoms with van der Waals surface area (Å²) in [6, 6.07) is 1.64. The van der Waals surface area contributed by atoms with Gasteiger partial charge in [0.15, 0.2) is 0 Å². The number of carbonyl (C=O) groups is 2. The van der Waals surface area contributed by atoms with E-state index in [0.717, 1.165) is 0 Å². The van der Waals surface area contributed by atoms with Crippen molar-refractivity contribution in [1.82, 2.24) is 4.98 Å². The number of amides is 1. The topological polar surface area (TPSA) is 105 Å². The van der Waals surface area contributed by atoms with Crippen molar-refractivity contribution in [1.29, 1.82) is 0 Å². The number of primary amides is 1. The first-order chi connectivity index (χ1) is 9.21. The van der Waals surface area contributed by atoms with Crippen LogP contribution in [0.2, 0.25) is 0 Å². The van der Waals surface area contributed by atoms with Gasteiger partial charge >= 0.3 is 5.97 Å². The summed E-state index contributed by atoms with van der Waals surface area (Å²) in [5, 5.41) is 12.3. The van der Waals surface area contributed by atoms with Crippen molar-refractivity contribution in [3.8, 4) is 0 Å². The quantitative estimate of drug-likeness (QED) is 0.737. The molecule has 0 spiro atoms. The van der Waals surface area contributed by atoms with E-state index in [1.54, 1.807) is 26.8 Å². The van der Waals surface area contributed by atoms with Crippen LogP contribution in [0.5, 0.6) is 0 Å². The second-order valence-electron chi connectivity index (χ2n) is 5.15. The van der Waals surface area contributed by atoms with Crippen LogP contribution in [-0.4, -0.2) is 27.5 Å². The van der Waals surface area contributed by atoms with Crippen LogP contribution in [0, 0.1) is 13.8 Å². The van der Waals surface area contributed by atoms with Gasteiger partial charge in [0.2, 0.25) is 0 Å². The fourth-order valence-corrected chi connectivity index (χ4v) is 2.26. The highest BCUT2D eigenvalue weighted by Crippen LogP contribution is 2.25. The summed E-state index contributed by atoms with van der Waals surface area (Å²) in [5.41, 5.74) is 6.05. The van der Waals surface area contributed by atoms with E-state index in [2.05, 4.69) is 10.3 Å². The molecular weight excluding hydrogens is 258 g/mol. The lowest BCUT2D eigenvalue weighted by atomic mass is 9.95. The first kappa shape index (κ1) is 15.9. The first-order valence-corrected chi connectivity index (χ1v) is 6.51. The number of aryl methyl sites for hydroxylation is 2. The molecular formula is C14H21N3O3. The van der Waals surface area contributed by atoms with Crippen molar-refractivity contribution in [3.63, 3.8) is 0 Å². The van der Waals surface area contributed by atoms with E-state index in [1.807, 2.05) is 6.92 Å². The first-order valence-electron chi connectivity index (χ1n) is 6.51. The molecule has 1 rings (SSSR count). The Morgan fingerprint density at radius 3 is 2.50 bits per heavy atom. The molecule has 0 aliphatic heterocycles. The molecule has 1 aromatic rings. The molecule has 1 amide bonds. The van der Waals surface area contributed by atoms with Crippen LogP contribution < -0.4 is 11.1 Å². The Morgan fingerprint density at radius 2 is 2.05 bits per heavy atom. The number of nitrogens with zero attached hydrogens (tertiary/aromatic N) is 1. The molecule has 0 bridgehead atoms. The van der Waals surface area contributed by atoms with Crippen molar-refractivity contribution in [2.45, 2.75) is 46.1 Å². The Morgan fingerprint density at radius 1 is 1.45 bits per heavy atom. The number of rotatable bonds is 6. The molecule has 0 fully saturated rings. The van der Waals surface area contributed by atoms with Gasteiger partial charge in [-0.1, -0.05) is 13.3 Å². The summed E-state index contributed by atoms with van der Waals surface area (Å²) in [6.45, 7) is 6.95. The van der Waals surface area contributed by atoms with Gasteiger partial charge < -0.3 is 16.2 Å². The van der Waals surface area contributed by atoms with Crippen LogP contribution in [0.15, 0.2) is 6.07 Å². The molecule has 1 heterocycles. The number of aliphatic carboxylic acids is 1. The number of pyridine rings is 1. The highest BCUT2D eigenvalue weighted by atomic mass is 16.4. The predicted octanol–water partition coefficient (Wildman–Crippen LogP) is 1.85. The third-order valence-corrected chi connectivity index (χ3v) is 3.21. The standard InChI is InChI=1S/C14H21N3O3/c1-5-6-14(4,13(19)20)17-10-7-8(2)16-9(3)11(10)12(15)18/h7H,5-6H2,1-4H3,(H2,15,18)(H,16,17)(H,19,20). The van der Waals surface area contributed by atoms with Crippen molar-refractivity contribution in [3.05, 3.63) is 23.0 Å². The molecule has 1 aromatic heterocycles. The van der Waals surface area contributed by atoms with E-state index in [9.17, 15) is 14.7 Å². The molecule has 0 aromatic carbocycles. The van der Waals surface area contributed by atoms with E-state index in [0.29, 0.717) is 29.9 Å². The van der Waals surface area contributed by atoms with Crippen LogP contribution in [-0.2, 0) is 4.79 Å². The molecule has 110 valence electrons. The largest absolute Gasteiger partial charge is 0.480 e. The summed E-state index contributed by atoms with van der Waals surface area (Å²) in [4.78, 5) is 27.2. The number of aromatic nitrogens is 1. The van der Waals surface area contributed by atoms with Crippen LogP contribution >= 0.6 is 0 Å². The van der Waals surface area contributed by atoms with E-state index in [4.69, 9.17) is 5.73 Å². The van der Waals surface area contributed by atoms with Gasteiger partial charge in [-0.25, -0.2) is 4.79 Å². The Hall–Kier alpha value is -2.11. The van der Waals surface area contributed by atoms with Crippen molar-refractivity contribution < 1.29 is 14.7 Å². The van der Waals surface area contributed by atoms with Gasteiger partial charge in [0.1, 0.15) is 5.54 Å². The van der Waals surface area contributed by atoms with Crippen LogP contribution in [0.3, 0.4) is 0 Å². The molecule has 0 saturated heterocycles. The summed E-state index contributed by atoms with van der Waals surface area (Å²) < 4.78 is 0. The van der Waals surface area contributed by atoms with Gasteiger partial charge in [0, 0.05) is 5.69 Å². The fraction of sp³-hybridized carbons (Fsp3) is 0.500. The number of hydrogen-bond donors (Lipinski definition) is 3. The van der Waals surface area contributed by atoms with Crippen LogP contribution in [0.1, 0.15) is 48.4 Å². The number of carboxylic acid groups (broad SMARTS) is 1. The third-order valence-electron chi connectivity index (χ3n) is 3.21. The average Bonchev–Trinajstić information content (AvgIpc) is 2.26. The highest BCUT2D eigenvalue weighted by Gasteiger charge is 2.33. The molecule has 20 heavy (non-hydrogen) atoms. The van der Waals surface area contributed by atoms with Gasteiger partial charge in [-0.15, -0.1) is 0 Å². The maximum atomic E-state index is 11.6. The minimum absolute atomic E-state index is 0.235. The number of nitrogens with two attached hydrogens (primary N) is 1. The maximum Gasteiger partial charge on any atom is 0.329 e. The minimum Gasteiger partial charge on any atom is -0.480 e. The molecule has 1 atom stereocenters. The Bertz CT molecular complexity index is 543. The van der Waals surface area contributed by atoms with Gasteiger partial charge in [-0.05, 0) is 33.3 Å². The molecule has 1 unspecified atom stereocenters. The monoisotopic (exact) mass is 279 g/mol. The molecule has 6 heteroatoms. The lowest BCUT2D eigenvalue weighted by Crippen LogP contribution is -2.43. The third kappa shape index (κ3) is 3.26. The number of hydrogen-bond acceptors (Lipinski definition) is 4. The van der Waals surface area contributed by atoms with Crippen LogP contribution in [0.4, 0.5) is 5.69 Å². The smallest absolute Gasteiger partial charge is 0.329 e. The molecule has 4 N–H and O–H groups in total. The lowest BCUT2D eigenvalue weighted by Gasteiger charge is -2.28. The zero-order valence-electron chi connectivity index (χ0n) is 12.3. The van der Waals surface area contributed by atoms with Gasteiger partial charge in [-0.3, -0.25) is 9.78 Å². The summed E-state index contributed by atoms with van der Waals surface area (Å²) in [7, 11) is 0. The molecule has 0 aliphatic rings. The van der Waals surface area contributed by atoms with Gasteiger partial charge in [-0.2, -0.15) is 0 Å². The zero-order valence-corrected chi connectivity index (χ0v) is 12.3.